The lowest BCUT2D eigenvalue weighted by molar-refractivity contribution is 0.830. The molecule has 84 valence electrons. The monoisotopic (exact) mass is 215 g/mol. The van der Waals surface area contributed by atoms with Crippen molar-refractivity contribution in [2.75, 3.05) is 18.9 Å². The van der Waals surface area contributed by atoms with Gasteiger partial charge in [0, 0.05) is 31.2 Å². The minimum absolute atomic E-state index is 0.977. The molecule has 3 N–H and O–H groups in total. The third kappa shape index (κ3) is 2.08. The van der Waals surface area contributed by atoms with E-state index in [1.165, 1.54) is 23.9 Å². The van der Waals surface area contributed by atoms with Gasteiger partial charge in [0.25, 0.3) is 0 Å². The second-order valence-electron chi connectivity index (χ2n) is 3.90. The molecule has 0 aromatic heterocycles. The van der Waals surface area contributed by atoms with Crippen LogP contribution in [0.2, 0.25) is 0 Å². The minimum atomic E-state index is 0.977. The minimum Gasteiger partial charge on any atom is -0.388 e. The van der Waals surface area contributed by atoms with Crippen molar-refractivity contribution in [3.05, 3.63) is 35.4 Å². The van der Waals surface area contributed by atoms with Crippen molar-refractivity contribution in [3.63, 3.8) is 0 Å². The van der Waals surface area contributed by atoms with Gasteiger partial charge in [0.15, 0.2) is 0 Å². The van der Waals surface area contributed by atoms with E-state index < -0.39 is 0 Å². The first kappa shape index (κ1) is 10.7. The standard InChI is InChI=1S/C13H17N3/c1-15-12(6-7-14)11-5-4-10-3-2-8-16-13(10)9-11/h4-7,9,14-16H,2-3,8H2,1H3/b12-6-,14-7?. The topological polar surface area (TPSA) is 47.9 Å². The highest BCUT2D eigenvalue weighted by Gasteiger charge is 2.09. The number of hydrogen-bond acceptors (Lipinski definition) is 3. The van der Waals surface area contributed by atoms with Crippen LogP contribution in [-0.4, -0.2) is 19.8 Å². The van der Waals surface area contributed by atoms with Crippen LogP contribution in [0.15, 0.2) is 24.3 Å². The average Bonchev–Trinajstić information content (AvgIpc) is 2.35. The molecule has 1 aromatic rings. The van der Waals surface area contributed by atoms with Gasteiger partial charge in [-0.05, 0) is 36.1 Å². The third-order valence-corrected chi connectivity index (χ3v) is 2.88. The summed E-state index contributed by atoms with van der Waals surface area (Å²) >= 11 is 0. The Morgan fingerprint density at radius 1 is 1.50 bits per heavy atom. The molecule has 1 aromatic carbocycles. The van der Waals surface area contributed by atoms with Crippen molar-refractivity contribution in [3.8, 4) is 0 Å². The molecule has 1 aliphatic heterocycles. The number of rotatable bonds is 3. The summed E-state index contributed by atoms with van der Waals surface area (Å²) in [6.07, 6.45) is 5.44. The van der Waals surface area contributed by atoms with Crippen LogP contribution in [0.25, 0.3) is 5.70 Å². The Kier molecular flexibility index (Phi) is 3.25. The zero-order valence-electron chi connectivity index (χ0n) is 9.51. The smallest absolute Gasteiger partial charge is 0.0427 e. The van der Waals surface area contributed by atoms with Gasteiger partial charge in [-0.3, -0.25) is 0 Å². The van der Waals surface area contributed by atoms with Crippen LogP contribution in [0.1, 0.15) is 17.5 Å². The molecule has 0 amide bonds. The van der Waals surface area contributed by atoms with E-state index in [1.54, 1.807) is 6.08 Å². The molecule has 2 rings (SSSR count). The highest BCUT2D eigenvalue weighted by Crippen LogP contribution is 2.25. The van der Waals surface area contributed by atoms with Gasteiger partial charge in [0.1, 0.15) is 0 Å². The number of benzene rings is 1. The molecule has 0 unspecified atom stereocenters. The van der Waals surface area contributed by atoms with Crippen LogP contribution in [-0.2, 0) is 6.42 Å². The van der Waals surface area contributed by atoms with Crippen molar-refractivity contribution in [2.45, 2.75) is 12.8 Å². The summed E-state index contributed by atoms with van der Waals surface area (Å²) in [7, 11) is 1.88. The SMILES string of the molecule is CN/C(=C\C=N)c1ccc2c(c1)NCCC2. The Morgan fingerprint density at radius 2 is 2.38 bits per heavy atom. The molecule has 0 saturated carbocycles. The Balaban J connectivity index is 2.35. The lowest BCUT2D eigenvalue weighted by Gasteiger charge is -2.19. The summed E-state index contributed by atoms with van der Waals surface area (Å²) in [5, 5.41) is 13.6. The number of hydrogen-bond donors (Lipinski definition) is 3. The zero-order chi connectivity index (χ0) is 11.4. The van der Waals surface area contributed by atoms with Crippen LogP contribution in [0.5, 0.6) is 0 Å². The van der Waals surface area contributed by atoms with Crippen LogP contribution in [0.4, 0.5) is 5.69 Å². The Labute approximate surface area is 96.1 Å². The van der Waals surface area contributed by atoms with Gasteiger partial charge in [-0.15, -0.1) is 0 Å². The first-order valence-electron chi connectivity index (χ1n) is 5.61. The fourth-order valence-corrected chi connectivity index (χ4v) is 2.04. The van der Waals surface area contributed by atoms with Gasteiger partial charge in [0.2, 0.25) is 0 Å². The lowest BCUT2D eigenvalue weighted by Crippen LogP contribution is -2.13. The molecule has 0 radical (unpaired) electrons. The molecule has 0 aliphatic carbocycles. The molecule has 0 atom stereocenters. The van der Waals surface area contributed by atoms with E-state index in [2.05, 4.69) is 28.8 Å². The molecule has 0 bridgehead atoms. The van der Waals surface area contributed by atoms with Crippen molar-refractivity contribution < 1.29 is 0 Å². The highest BCUT2D eigenvalue weighted by atomic mass is 14.9. The summed E-state index contributed by atoms with van der Waals surface area (Å²) in [6, 6.07) is 6.43. The molecule has 1 aliphatic rings. The molecule has 1 heterocycles. The molecule has 3 heteroatoms. The predicted octanol–water partition coefficient (Wildman–Crippen LogP) is 2.25. The van der Waals surface area contributed by atoms with Gasteiger partial charge >= 0.3 is 0 Å². The first-order chi connectivity index (χ1) is 7.85. The van der Waals surface area contributed by atoms with E-state index in [4.69, 9.17) is 5.41 Å². The van der Waals surface area contributed by atoms with Gasteiger partial charge in [-0.2, -0.15) is 0 Å². The van der Waals surface area contributed by atoms with Crippen molar-refractivity contribution in [1.29, 1.82) is 5.41 Å². The van der Waals surface area contributed by atoms with Crippen molar-refractivity contribution in [2.24, 2.45) is 0 Å². The largest absolute Gasteiger partial charge is 0.388 e. The van der Waals surface area contributed by atoms with Gasteiger partial charge in [-0.1, -0.05) is 12.1 Å². The molecule has 16 heavy (non-hydrogen) atoms. The number of allylic oxidation sites excluding steroid dienone is 1. The maximum absolute atomic E-state index is 7.12. The van der Waals surface area contributed by atoms with Gasteiger partial charge < -0.3 is 16.0 Å². The summed E-state index contributed by atoms with van der Waals surface area (Å²) in [6.45, 7) is 1.06. The van der Waals surface area contributed by atoms with E-state index in [0.29, 0.717) is 0 Å². The molecule has 0 fully saturated rings. The summed E-state index contributed by atoms with van der Waals surface area (Å²) in [5.41, 5.74) is 4.72. The summed E-state index contributed by atoms with van der Waals surface area (Å²) < 4.78 is 0. The van der Waals surface area contributed by atoms with Crippen LogP contribution >= 0.6 is 0 Å². The second kappa shape index (κ2) is 4.84. The normalized spacial score (nSPS) is 14.9. The van der Waals surface area contributed by atoms with Crippen molar-refractivity contribution >= 4 is 17.6 Å². The van der Waals surface area contributed by atoms with Gasteiger partial charge in [-0.25, -0.2) is 0 Å². The predicted molar refractivity (Wildman–Crippen MR) is 69.1 cm³/mol. The zero-order valence-corrected chi connectivity index (χ0v) is 9.51. The Morgan fingerprint density at radius 3 is 3.12 bits per heavy atom. The highest BCUT2D eigenvalue weighted by molar-refractivity contribution is 5.83. The van der Waals surface area contributed by atoms with Crippen LogP contribution in [0, 0.1) is 5.41 Å². The number of nitrogens with one attached hydrogen (secondary N) is 3. The van der Waals surface area contributed by atoms with E-state index >= 15 is 0 Å². The van der Waals surface area contributed by atoms with Gasteiger partial charge in [0.05, 0.1) is 0 Å². The number of aryl methyl sites for hydroxylation is 1. The van der Waals surface area contributed by atoms with Crippen LogP contribution < -0.4 is 10.6 Å². The number of anilines is 1. The van der Waals surface area contributed by atoms with E-state index in [-0.39, 0.29) is 0 Å². The van der Waals surface area contributed by atoms with E-state index in [1.807, 2.05) is 7.05 Å². The fraction of sp³-hybridized carbons (Fsp3) is 0.308. The summed E-state index contributed by atoms with van der Waals surface area (Å²) in [5.74, 6) is 0. The van der Waals surface area contributed by atoms with E-state index in [9.17, 15) is 0 Å². The molecule has 0 saturated heterocycles. The third-order valence-electron chi connectivity index (χ3n) is 2.88. The second-order valence-corrected chi connectivity index (χ2v) is 3.90. The Bertz CT molecular complexity index is 421. The lowest BCUT2D eigenvalue weighted by atomic mass is 10.00. The maximum atomic E-state index is 7.12. The quantitative estimate of drug-likeness (QED) is 0.677. The van der Waals surface area contributed by atoms with Crippen LogP contribution in [0.3, 0.4) is 0 Å². The summed E-state index contributed by atoms with van der Waals surface area (Å²) in [4.78, 5) is 0. The first-order valence-corrected chi connectivity index (χ1v) is 5.61. The van der Waals surface area contributed by atoms with Crippen molar-refractivity contribution in [1.82, 2.24) is 5.32 Å². The molecular weight excluding hydrogens is 198 g/mol. The Hall–Kier alpha value is -1.77. The maximum Gasteiger partial charge on any atom is 0.0427 e. The molecule has 3 nitrogen and oxygen atoms in total. The molecular formula is C13H17N3. The number of fused-ring (bicyclic) bond motifs is 1. The van der Waals surface area contributed by atoms with E-state index in [0.717, 1.165) is 24.2 Å². The average molecular weight is 215 g/mol. The molecule has 0 spiro atoms. The fourth-order valence-electron chi connectivity index (χ4n) is 2.04.